The van der Waals surface area contributed by atoms with Crippen LogP contribution in [-0.2, 0) is 4.74 Å². The quantitative estimate of drug-likeness (QED) is 0.928. The number of hydrogen-bond donors (Lipinski definition) is 1. The second-order valence-corrected chi connectivity index (χ2v) is 6.86. The zero-order chi connectivity index (χ0) is 17.2. The molecule has 1 fully saturated rings. The molecule has 1 saturated heterocycles. The molecule has 2 unspecified atom stereocenters. The molecule has 0 aromatic heterocycles. The Morgan fingerprint density at radius 1 is 1.43 bits per heavy atom. The highest BCUT2D eigenvalue weighted by molar-refractivity contribution is 5.68. The molecule has 1 aromatic rings. The number of amides is 1. The fourth-order valence-corrected chi connectivity index (χ4v) is 2.77. The average Bonchev–Trinajstić information content (AvgIpc) is 2.95. The Hall–Kier alpha value is -1.82. The van der Waals surface area contributed by atoms with Crippen LogP contribution in [0, 0.1) is 11.7 Å². The van der Waals surface area contributed by atoms with Gasteiger partial charge < -0.3 is 20.1 Å². The van der Waals surface area contributed by atoms with Gasteiger partial charge in [-0.2, -0.15) is 0 Å². The number of halogens is 1. The lowest BCUT2D eigenvalue weighted by molar-refractivity contribution is 0.0286. The number of ether oxygens (including phenoxy) is 2. The van der Waals surface area contributed by atoms with E-state index in [-0.39, 0.29) is 17.8 Å². The first-order chi connectivity index (χ1) is 10.7. The summed E-state index contributed by atoms with van der Waals surface area (Å²) in [6, 6.07) is 4.46. The largest absolute Gasteiger partial charge is 0.494 e. The molecule has 2 N–H and O–H groups in total. The number of nitrogens with zero attached hydrogens (tertiary/aromatic N) is 1. The lowest BCUT2D eigenvalue weighted by Crippen LogP contribution is -2.36. The van der Waals surface area contributed by atoms with Crippen molar-refractivity contribution in [3.05, 3.63) is 29.6 Å². The Morgan fingerprint density at radius 2 is 2.13 bits per heavy atom. The van der Waals surface area contributed by atoms with Crippen LogP contribution in [0.4, 0.5) is 9.18 Å². The van der Waals surface area contributed by atoms with Gasteiger partial charge in [0.15, 0.2) is 11.6 Å². The third kappa shape index (κ3) is 4.13. The predicted octanol–water partition coefficient (Wildman–Crippen LogP) is 3.09. The number of methoxy groups -OCH3 is 1. The second kappa shape index (κ2) is 6.74. The van der Waals surface area contributed by atoms with Crippen molar-refractivity contribution in [2.45, 2.75) is 38.8 Å². The number of likely N-dealkylation sites (tertiary alicyclic amines) is 1. The Balaban J connectivity index is 2.06. The SMILES string of the molecule is COc1cccc(C(N)C2CCN(C(=O)OC(C)(C)C)C2)c1F. The third-order valence-electron chi connectivity index (χ3n) is 3.96. The van der Waals surface area contributed by atoms with E-state index >= 15 is 0 Å². The molecule has 1 aliphatic rings. The van der Waals surface area contributed by atoms with Gasteiger partial charge in [0.05, 0.1) is 7.11 Å². The fourth-order valence-electron chi connectivity index (χ4n) is 2.77. The number of carbonyl (C=O) groups is 1. The van der Waals surface area contributed by atoms with Gasteiger partial charge in [-0.25, -0.2) is 9.18 Å². The van der Waals surface area contributed by atoms with Gasteiger partial charge in [-0.3, -0.25) is 0 Å². The normalized spacial score (nSPS) is 19.6. The van der Waals surface area contributed by atoms with Gasteiger partial charge in [0.1, 0.15) is 5.60 Å². The molecule has 5 nitrogen and oxygen atoms in total. The lowest BCUT2D eigenvalue weighted by atomic mass is 9.92. The number of nitrogens with two attached hydrogens (primary N) is 1. The van der Waals surface area contributed by atoms with E-state index in [2.05, 4.69) is 0 Å². The highest BCUT2D eigenvalue weighted by Crippen LogP contribution is 2.32. The van der Waals surface area contributed by atoms with Gasteiger partial charge in [0.2, 0.25) is 0 Å². The van der Waals surface area contributed by atoms with Gasteiger partial charge in [-0.15, -0.1) is 0 Å². The van der Waals surface area contributed by atoms with Crippen molar-refractivity contribution in [3.63, 3.8) is 0 Å². The van der Waals surface area contributed by atoms with E-state index in [4.69, 9.17) is 15.2 Å². The summed E-state index contributed by atoms with van der Waals surface area (Å²) in [7, 11) is 1.42. The average molecular weight is 324 g/mol. The zero-order valence-electron chi connectivity index (χ0n) is 14.1. The molecule has 0 aliphatic carbocycles. The monoisotopic (exact) mass is 324 g/mol. The Morgan fingerprint density at radius 3 is 2.74 bits per heavy atom. The molecule has 23 heavy (non-hydrogen) atoms. The maximum atomic E-state index is 14.3. The molecule has 1 aliphatic heterocycles. The minimum atomic E-state index is -0.532. The molecular weight excluding hydrogens is 299 g/mol. The Bertz CT molecular complexity index is 571. The maximum absolute atomic E-state index is 14.3. The van der Waals surface area contributed by atoms with E-state index in [1.54, 1.807) is 23.1 Å². The molecule has 2 rings (SSSR count). The third-order valence-corrected chi connectivity index (χ3v) is 3.96. The first-order valence-electron chi connectivity index (χ1n) is 7.79. The molecule has 1 aromatic carbocycles. The van der Waals surface area contributed by atoms with Crippen molar-refractivity contribution in [1.29, 1.82) is 0 Å². The molecule has 0 saturated carbocycles. The maximum Gasteiger partial charge on any atom is 0.410 e. The van der Waals surface area contributed by atoms with Crippen LogP contribution in [0.15, 0.2) is 18.2 Å². The number of benzene rings is 1. The van der Waals surface area contributed by atoms with Crippen LogP contribution in [-0.4, -0.2) is 36.8 Å². The molecule has 0 spiro atoms. The van der Waals surface area contributed by atoms with Crippen molar-refractivity contribution in [2.24, 2.45) is 11.7 Å². The van der Waals surface area contributed by atoms with E-state index < -0.39 is 17.5 Å². The minimum absolute atomic E-state index is 0.0101. The van der Waals surface area contributed by atoms with Gasteiger partial charge in [-0.1, -0.05) is 12.1 Å². The van der Waals surface area contributed by atoms with Gasteiger partial charge in [0.25, 0.3) is 0 Å². The molecule has 2 atom stereocenters. The summed E-state index contributed by atoms with van der Waals surface area (Å²) in [5, 5.41) is 0. The van der Waals surface area contributed by atoms with Crippen LogP contribution < -0.4 is 10.5 Å². The van der Waals surface area contributed by atoms with Gasteiger partial charge in [-0.05, 0) is 39.2 Å². The topological polar surface area (TPSA) is 64.8 Å². The Kier molecular flexibility index (Phi) is 5.14. The molecular formula is C17H25FN2O3. The van der Waals surface area contributed by atoms with Crippen LogP contribution in [0.1, 0.15) is 38.8 Å². The molecule has 6 heteroatoms. The summed E-state index contributed by atoms with van der Waals surface area (Å²) in [6.07, 6.45) is 0.371. The van der Waals surface area contributed by atoms with E-state index in [0.717, 1.165) is 6.42 Å². The first-order valence-corrected chi connectivity index (χ1v) is 7.79. The number of rotatable bonds is 3. The van der Waals surface area contributed by atoms with Crippen molar-refractivity contribution in [2.75, 3.05) is 20.2 Å². The summed E-state index contributed by atoms with van der Waals surface area (Å²) in [5.74, 6) is -0.262. The molecule has 1 amide bonds. The van der Waals surface area contributed by atoms with E-state index in [9.17, 15) is 9.18 Å². The fraction of sp³-hybridized carbons (Fsp3) is 0.588. The lowest BCUT2D eigenvalue weighted by Gasteiger charge is -2.25. The van der Waals surface area contributed by atoms with Crippen molar-refractivity contribution >= 4 is 6.09 Å². The smallest absolute Gasteiger partial charge is 0.410 e. The predicted molar refractivity (Wildman–Crippen MR) is 85.8 cm³/mol. The molecule has 0 bridgehead atoms. The highest BCUT2D eigenvalue weighted by atomic mass is 19.1. The summed E-state index contributed by atoms with van der Waals surface area (Å²) in [5.41, 5.74) is 6.13. The van der Waals surface area contributed by atoms with Crippen molar-refractivity contribution < 1.29 is 18.7 Å². The van der Waals surface area contributed by atoms with E-state index in [1.165, 1.54) is 7.11 Å². The van der Waals surface area contributed by atoms with Crippen molar-refractivity contribution in [3.8, 4) is 5.75 Å². The summed E-state index contributed by atoms with van der Waals surface area (Å²) >= 11 is 0. The molecule has 1 heterocycles. The Labute approximate surface area is 136 Å². The summed E-state index contributed by atoms with van der Waals surface area (Å²) in [6.45, 7) is 6.52. The van der Waals surface area contributed by atoms with Crippen LogP contribution >= 0.6 is 0 Å². The highest BCUT2D eigenvalue weighted by Gasteiger charge is 2.34. The summed E-state index contributed by atoms with van der Waals surface area (Å²) in [4.78, 5) is 13.7. The van der Waals surface area contributed by atoms with Gasteiger partial charge in [0, 0.05) is 24.7 Å². The zero-order valence-corrected chi connectivity index (χ0v) is 14.1. The van der Waals surface area contributed by atoms with E-state index in [1.807, 2.05) is 20.8 Å². The van der Waals surface area contributed by atoms with Crippen LogP contribution in [0.3, 0.4) is 0 Å². The molecule has 128 valence electrons. The first kappa shape index (κ1) is 17.5. The van der Waals surface area contributed by atoms with Crippen molar-refractivity contribution in [1.82, 2.24) is 4.90 Å². The van der Waals surface area contributed by atoms with Crippen LogP contribution in [0.2, 0.25) is 0 Å². The van der Waals surface area contributed by atoms with Crippen LogP contribution in [0.5, 0.6) is 5.75 Å². The minimum Gasteiger partial charge on any atom is -0.494 e. The number of hydrogen-bond acceptors (Lipinski definition) is 4. The standard InChI is InChI=1S/C17H25FN2O3/c1-17(2,3)23-16(21)20-9-8-11(10-20)15(19)12-6-5-7-13(22-4)14(12)18/h5-7,11,15H,8-10,19H2,1-4H3. The summed E-state index contributed by atoms with van der Waals surface area (Å²) < 4.78 is 24.7. The van der Waals surface area contributed by atoms with E-state index in [0.29, 0.717) is 18.7 Å². The second-order valence-electron chi connectivity index (χ2n) is 6.86. The van der Waals surface area contributed by atoms with Crippen LogP contribution in [0.25, 0.3) is 0 Å². The molecule has 0 radical (unpaired) electrons. The number of carbonyl (C=O) groups excluding carboxylic acids is 1. The van der Waals surface area contributed by atoms with Gasteiger partial charge >= 0.3 is 6.09 Å².